The molecular formula is C20H34O3. The van der Waals surface area contributed by atoms with E-state index in [2.05, 4.69) is 26.0 Å². The number of aliphatic hydroxyl groups excluding tert-OH is 1. The van der Waals surface area contributed by atoms with E-state index in [0.717, 1.165) is 19.3 Å². The Morgan fingerprint density at radius 2 is 1.83 bits per heavy atom. The molecule has 0 saturated heterocycles. The van der Waals surface area contributed by atoms with Crippen molar-refractivity contribution in [3.8, 4) is 0 Å². The van der Waals surface area contributed by atoms with E-state index in [-0.39, 0.29) is 17.3 Å². The summed E-state index contributed by atoms with van der Waals surface area (Å²) in [6.07, 6.45) is 10.7. The van der Waals surface area contributed by atoms with E-state index in [0.29, 0.717) is 12.3 Å². The van der Waals surface area contributed by atoms with Crippen molar-refractivity contribution in [3.63, 3.8) is 0 Å². The molecule has 0 bridgehead atoms. The van der Waals surface area contributed by atoms with Gasteiger partial charge in [0.2, 0.25) is 0 Å². The third kappa shape index (κ3) is 4.26. The van der Waals surface area contributed by atoms with E-state index in [9.17, 15) is 15.3 Å². The molecule has 3 nitrogen and oxygen atoms in total. The zero-order valence-corrected chi connectivity index (χ0v) is 15.3. The lowest BCUT2D eigenvalue weighted by Crippen LogP contribution is -2.45. The molecule has 0 spiro atoms. The molecule has 2 rings (SSSR count). The fourth-order valence-electron chi connectivity index (χ4n) is 4.58. The van der Waals surface area contributed by atoms with Crippen LogP contribution in [0, 0.1) is 23.2 Å². The molecule has 0 aromatic heterocycles. The average Bonchev–Trinajstić information content (AvgIpc) is 2.73. The number of aliphatic hydroxyl groups is 3. The summed E-state index contributed by atoms with van der Waals surface area (Å²) in [7, 11) is 0. The van der Waals surface area contributed by atoms with Crippen molar-refractivity contribution in [1.29, 1.82) is 0 Å². The Hall–Kier alpha value is -0.640. The molecule has 1 fully saturated rings. The molecule has 0 heterocycles. The number of fused-ring (bicyclic) bond motifs is 1. The largest absolute Gasteiger partial charge is 0.393 e. The highest BCUT2D eigenvalue weighted by Crippen LogP contribution is 2.54. The highest BCUT2D eigenvalue weighted by Gasteiger charge is 2.52. The molecule has 0 amide bonds. The van der Waals surface area contributed by atoms with Crippen molar-refractivity contribution in [2.24, 2.45) is 23.2 Å². The SMILES string of the molecule is C[C@@H]1/C=C/[C@@]2(C)CCC(C(C)(C)O)C2[C@@H](O)C[C@@](C)(O)/C=C/C1. The molecule has 2 aliphatic carbocycles. The first-order valence-corrected chi connectivity index (χ1v) is 8.94. The molecule has 132 valence electrons. The van der Waals surface area contributed by atoms with E-state index >= 15 is 0 Å². The molecular weight excluding hydrogens is 288 g/mol. The maximum Gasteiger partial charge on any atom is 0.0824 e. The standard InChI is InChI=1S/C20H34O3/c1-14-7-6-10-20(5,23)13-16(21)17-15(18(2,3)22)9-12-19(17,4)11-8-14/h6,8,10-11,14-17,21-23H,7,9,12-13H2,1-5H3/b10-6+,11-8+/t14-,15?,16-,17?,19-,20-/m0/s1. The van der Waals surface area contributed by atoms with Crippen LogP contribution in [0.2, 0.25) is 0 Å². The quantitative estimate of drug-likeness (QED) is 0.648. The summed E-state index contributed by atoms with van der Waals surface area (Å²) >= 11 is 0. The van der Waals surface area contributed by atoms with E-state index < -0.39 is 17.3 Å². The first kappa shape index (κ1) is 18.7. The lowest BCUT2D eigenvalue weighted by atomic mass is 9.68. The van der Waals surface area contributed by atoms with Crippen LogP contribution in [0.3, 0.4) is 0 Å². The number of allylic oxidation sites excluding steroid dienone is 3. The summed E-state index contributed by atoms with van der Waals surface area (Å²) in [5.74, 6) is 0.378. The van der Waals surface area contributed by atoms with Crippen molar-refractivity contribution in [2.75, 3.05) is 0 Å². The van der Waals surface area contributed by atoms with Gasteiger partial charge in [0.1, 0.15) is 0 Å². The van der Waals surface area contributed by atoms with Crippen LogP contribution in [-0.2, 0) is 0 Å². The van der Waals surface area contributed by atoms with Gasteiger partial charge in [-0.15, -0.1) is 0 Å². The molecule has 0 radical (unpaired) electrons. The predicted molar refractivity (Wildman–Crippen MR) is 93.9 cm³/mol. The first-order chi connectivity index (χ1) is 10.4. The lowest BCUT2D eigenvalue weighted by Gasteiger charge is -2.41. The topological polar surface area (TPSA) is 60.7 Å². The minimum Gasteiger partial charge on any atom is -0.393 e. The number of hydrogen-bond donors (Lipinski definition) is 3. The normalized spacial score (nSPS) is 48.3. The van der Waals surface area contributed by atoms with Gasteiger partial charge < -0.3 is 15.3 Å². The summed E-state index contributed by atoms with van der Waals surface area (Å²) in [4.78, 5) is 0. The third-order valence-electron chi connectivity index (χ3n) is 5.92. The Bertz CT molecular complexity index is 472. The zero-order valence-electron chi connectivity index (χ0n) is 15.3. The van der Waals surface area contributed by atoms with Crippen LogP contribution >= 0.6 is 0 Å². The van der Waals surface area contributed by atoms with Crippen molar-refractivity contribution in [3.05, 3.63) is 24.3 Å². The van der Waals surface area contributed by atoms with Crippen molar-refractivity contribution < 1.29 is 15.3 Å². The highest BCUT2D eigenvalue weighted by atomic mass is 16.3. The third-order valence-corrected chi connectivity index (χ3v) is 5.92. The molecule has 1 saturated carbocycles. The van der Waals surface area contributed by atoms with Gasteiger partial charge in [-0.3, -0.25) is 0 Å². The minimum absolute atomic E-state index is 0.0305. The Morgan fingerprint density at radius 1 is 1.17 bits per heavy atom. The van der Waals surface area contributed by atoms with Crippen molar-refractivity contribution in [1.82, 2.24) is 0 Å². The maximum atomic E-state index is 11.0. The molecule has 0 aromatic rings. The van der Waals surface area contributed by atoms with E-state index in [1.807, 2.05) is 26.0 Å². The second kappa shape index (κ2) is 6.34. The van der Waals surface area contributed by atoms with Gasteiger partial charge in [-0.2, -0.15) is 0 Å². The van der Waals surface area contributed by atoms with Gasteiger partial charge in [-0.1, -0.05) is 38.2 Å². The van der Waals surface area contributed by atoms with Gasteiger partial charge in [0.05, 0.1) is 17.3 Å². The number of rotatable bonds is 1. The second-order valence-corrected chi connectivity index (χ2v) is 8.93. The van der Waals surface area contributed by atoms with Gasteiger partial charge in [-0.05, 0) is 63.2 Å². The predicted octanol–water partition coefficient (Wildman–Crippen LogP) is 3.44. The molecule has 2 unspecified atom stereocenters. The molecule has 2 aliphatic rings. The van der Waals surface area contributed by atoms with Crippen LogP contribution in [0.25, 0.3) is 0 Å². The van der Waals surface area contributed by atoms with Gasteiger partial charge in [0.15, 0.2) is 0 Å². The molecule has 0 aliphatic heterocycles. The molecule has 3 heteroatoms. The smallest absolute Gasteiger partial charge is 0.0824 e. The van der Waals surface area contributed by atoms with Gasteiger partial charge in [0.25, 0.3) is 0 Å². The van der Waals surface area contributed by atoms with Gasteiger partial charge >= 0.3 is 0 Å². The Morgan fingerprint density at radius 3 is 2.43 bits per heavy atom. The summed E-state index contributed by atoms with van der Waals surface area (Å²) in [6.45, 7) is 9.80. The van der Waals surface area contributed by atoms with Crippen LogP contribution in [0.4, 0.5) is 0 Å². The minimum atomic E-state index is -1.02. The van der Waals surface area contributed by atoms with Crippen LogP contribution in [0.15, 0.2) is 24.3 Å². The second-order valence-electron chi connectivity index (χ2n) is 8.93. The van der Waals surface area contributed by atoms with Crippen LogP contribution in [-0.4, -0.2) is 32.6 Å². The molecule has 3 N–H and O–H groups in total. The lowest BCUT2D eigenvalue weighted by molar-refractivity contribution is -0.0700. The monoisotopic (exact) mass is 322 g/mol. The van der Waals surface area contributed by atoms with E-state index in [4.69, 9.17) is 0 Å². The van der Waals surface area contributed by atoms with Gasteiger partial charge in [0, 0.05) is 6.42 Å². The maximum absolute atomic E-state index is 11.0. The van der Waals surface area contributed by atoms with E-state index in [1.165, 1.54) is 0 Å². The fourth-order valence-corrected chi connectivity index (χ4v) is 4.58. The summed E-state index contributed by atoms with van der Waals surface area (Å²) in [5, 5.41) is 32.2. The zero-order chi connectivity index (χ0) is 17.5. The van der Waals surface area contributed by atoms with E-state index in [1.54, 1.807) is 6.92 Å². The van der Waals surface area contributed by atoms with Crippen molar-refractivity contribution >= 4 is 0 Å². The first-order valence-electron chi connectivity index (χ1n) is 8.94. The summed E-state index contributed by atoms with van der Waals surface area (Å²) in [6, 6.07) is 0. The van der Waals surface area contributed by atoms with Crippen LogP contribution < -0.4 is 0 Å². The van der Waals surface area contributed by atoms with Crippen LogP contribution in [0.5, 0.6) is 0 Å². The van der Waals surface area contributed by atoms with Crippen molar-refractivity contribution in [2.45, 2.75) is 77.6 Å². The summed E-state index contributed by atoms with van der Waals surface area (Å²) < 4.78 is 0. The summed E-state index contributed by atoms with van der Waals surface area (Å²) in [5.41, 5.74) is -1.99. The average molecular weight is 322 g/mol. The van der Waals surface area contributed by atoms with Crippen LogP contribution in [0.1, 0.15) is 60.3 Å². The highest BCUT2D eigenvalue weighted by molar-refractivity contribution is 5.14. The fraction of sp³-hybridized carbons (Fsp3) is 0.800. The molecule has 23 heavy (non-hydrogen) atoms. The Labute approximate surface area is 141 Å². The number of hydrogen-bond acceptors (Lipinski definition) is 3. The Kier molecular flexibility index (Phi) is 5.16. The Balaban J connectivity index is 2.43. The molecule has 6 atom stereocenters. The van der Waals surface area contributed by atoms with Gasteiger partial charge in [-0.25, -0.2) is 0 Å². The molecule has 0 aromatic carbocycles.